The molecular formula is C24H28N2O2. The number of rotatable bonds is 6. The molecule has 1 saturated heterocycles. The lowest BCUT2D eigenvalue weighted by atomic mass is 10.1. The van der Waals surface area contributed by atoms with Crippen molar-refractivity contribution in [1.29, 1.82) is 0 Å². The van der Waals surface area contributed by atoms with Gasteiger partial charge in [-0.3, -0.25) is 9.59 Å². The molecule has 1 aliphatic heterocycles. The predicted molar refractivity (Wildman–Crippen MR) is 113 cm³/mol. The molecule has 4 heteroatoms. The minimum Gasteiger partial charge on any atom is -0.339 e. The Bertz CT molecular complexity index is 804. The zero-order chi connectivity index (χ0) is 19.8. The summed E-state index contributed by atoms with van der Waals surface area (Å²) in [5.41, 5.74) is 3.49. The zero-order valence-corrected chi connectivity index (χ0v) is 16.5. The van der Waals surface area contributed by atoms with Gasteiger partial charge in [-0.2, -0.15) is 0 Å². The van der Waals surface area contributed by atoms with E-state index in [0.717, 1.165) is 18.4 Å². The Kier molecular flexibility index (Phi) is 7.01. The molecule has 0 saturated carbocycles. The molecule has 1 aliphatic rings. The van der Waals surface area contributed by atoms with Crippen LogP contribution in [0.2, 0.25) is 0 Å². The molecule has 1 fully saturated rings. The number of amides is 2. The first-order valence-corrected chi connectivity index (χ1v) is 9.97. The van der Waals surface area contributed by atoms with Crippen molar-refractivity contribution >= 4 is 17.9 Å². The summed E-state index contributed by atoms with van der Waals surface area (Å²) < 4.78 is 0. The third kappa shape index (κ3) is 5.81. The third-order valence-electron chi connectivity index (χ3n) is 5.14. The van der Waals surface area contributed by atoms with Crippen LogP contribution in [0.15, 0.2) is 60.7 Å². The van der Waals surface area contributed by atoms with Gasteiger partial charge in [0.05, 0.1) is 0 Å². The van der Waals surface area contributed by atoms with E-state index in [9.17, 15) is 9.59 Å². The number of carbonyl (C=O) groups is 2. The van der Waals surface area contributed by atoms with Gasteiger partial charge < -0.3 is 9.80 Å². The van der Waals surface area contributed by atoms with Gasteiger partial charge in [-0.05, 0) is 37.0 Å². The highest BCUT2D eigenvalue weighted by Gasteiger charge is 2.22. The van der Waals surface area contributed by atoms with Crippen molar-refractivity contribution < 1.29 is 9.59 Å². The molecule has 146 valence electrons. The van der Waals surface area contributed by atoms with Crippen molar-refractivity contribution in [2.24, 2.45) is 0 Å². The monoisotopic (exact) mass is 376 g/mol. The minimum atomic E-state index is 0.0109. The number of aryl methyl sites for hydroxylation is 2. The van der Waals surface area contributed by atoms with Crippen molar-refractivity contribution in [3.8, 4) is 0 Å². The lowest BCUT2D eigenvalue weighted by Crippen LogP contribution is -2.50. The van der Waals surface area contributed by atoms with Crippen LogP contribution >= 0.6 is 0 Å². The van der Waals surface area contributed by atoms with E-state index in [4.69, 9.17) is 0 Å². The second-order valence-electron chi connectivity index (χ2n) is 7.29. The van der Waals surface area contributed by atoms with Gasteiger partial charge in [0.25, 0.3) is 0 Å². The van der Waals surface area contributed by atoms with E-state index in [1.165, 1.54) is 11.1 Å². The van der Waals surface area contributed by atoms with Crippen molar-refractivity contribution in [1.82, 2.24) is 9.80 Å². The molecule has 2 aromatic carbocycles. The lowest BCUT2D eigenvalue weighted by Gasteiger charge is -2.34. The van der Waals surface area contributed by atoms with Crippen LogP contribution in [0.25, 0.3) is 6.08 Å². The summed E-state index contributed by atoms with van der Waals surface area (Å²) >= 11 is 0. The maximum absolute atomic E-state index is 12.4. The average Bonchev–Trinajstić information content (AvgIpc) is 2.74. The molecule has 3 rings (SSSR count). The first-order chi connectivity index (χ1) is 13.6. The number of benzene rings is 2. The third-order valence-corrected chi connectivity index (χ3v) is 5.14. The average molecular weight is 377 g/mol. The lowest BCUT2D eigenvalue weighted by molar-refractivity contribution is -0.137. The smallest absolute Gasteiger partial charge is 0.246 e. The molecule has 0 radical (unpaired) electrons. The van der Waals surface area contributed by atoms with Crippen LogP contribution in [0.3, 0.4) is 0 Å². The van der Waals surface area contributed by atoms with Gasteiger partial charge in [0.1, 0.15) is 0 Å². The molecule has 2 amide bonds. The summed E-state index contributed by atoms with van der Waals surface area (Å²) in [5.74, 6) is 0.204. The largest absolute Gasteiger partial charge is 0.339 e. The Morgan fingerprint density at radius 3 is 2.21 bits per heavy atom. The molecule has 0 unspecified atom stereocenters. The van der Waals surface area contributed by atoms with E-state index in [-0.39, 0.29) is 11.8 Å². The Balaban J connectivity index is 1.40. The Morgan fingerprint density at radius 1 is 0.893 bits per heavy atom. The summed E-state index contributed by atoms with van der Waals surface area (Å²) in [4.78, 5) is 28.5. The molecule has 0 aromatic heterocycles. The first-order valence-electron chi connectivity index (χ1n) is 9.97. The minimum absolute atomic E-state index is 0.0109. The van der Waals surface area contributed by atoms with Crippen molar-refractivity contribution in [2.45, 2.75) is 26.2 Å². The van der Waals surface area contributed by atoms with Gasteiger partial charge in [-0.25, -0.2) is 0 Å². The standard InChI is InChI=1S/C24H28N2O2/c1-20-10-12-22(13-11-20)14-15-24(28)26-18-16-25(17-19-26)23(27)9-5-8-21-6-3-2-4-7-21/h2-4,6-7,10-15H,5,8-9,16-19H2,1H3/b15-14+. The fraction of sp³-hybridized carbons (Fsp3) is 0.333. The van der Waals surface area contributed by atoms with Crippen molar-refractivity contribution in [2.75, 3.05) is 26.2 Å². The first kappa shape index (κ1) is 19.9. The fourth-order valence-corrected chi connectivity index (χ4v) is 3.37. The highest BCUT2D eigenvalue weighted by molar-refractivity contribution is 5.92. The van der Waals surface area contributed by atoms with Crippen LogP contribution in [0, 0.1) is 6.92 Å². The second-order valence-corrected chi connectivity index (χ2v) is 7.29. The molecule has 0 N–H and O–H groups in total. The van der Waals surface area contributed by atoms with Crippen LogP contribution in [-0.2, 0) is 16.0 Å². The quantitative estimate of drug-likeness (QED) is 0.721. The van der Waals surface area contributed by atoms with Gasteiger partial charge in [0.2, 0.25) is 11.8 Å². The normalized spacial score (nSPS) is 14.5. The predicted octanol–water partition coefficient (Wildman–Crippen LogP) is 3.70. The molecule has 0 bridgehead atoms. The van der Waals surface area contributed by atoms with Crippen LogP contribution in [0.5, 0.6) is 0 Å². The van der Waals surface area contributed by atoms with Gasteiger partial charge in [0.15, 0.2) is 0 Å². The molecular weight excluding hydrogens is 348 g/mol. The van der Waals surface area contributed by atoms with E-state index < -0.39 is 0 Å². The number of hydrogen-bond donors (Lipinski definition) is 0. The van der Waals surface area contributed by atoms with Gasteiger partial charge in [-0.1, -0.05) is 60.2 Å². The van der Waals surface area contributed by atoms with E-state index in [0.29, 0.717) is 32.6 Å². The summed E-state index contributed by atoms with van der Waals surface area (Å²) in [6.45, 7) is 4.48. The molecule has 4 nitrogen and oxygen atoms in total. The SMILES string of the molecule is Cc1ccc(/C=C/C(=O)N2CCN(C(=O)CCCc3ccccc3)CC2)cc1. The molecule has 0 spiro atoms. The molecule has 0 aliphatic carbocycles. The van der Waals surface area contributed by atoms with E-state index in [1.807, 2.05) is 65.3 Å². The van der Waals surface area contributed by atoms with Gasteiger partial charge >= 0.3 is 0 Å². The second kappa shape index (κ2) is 9.88. The number of hydrogen-bond acceptors (Lipinski definition) is 2. The number of nitrogens with zero attached hydrogens (tertiary/aromatic N) is 2. The topological polar surface area (TPSA) is 40.6 Å². The van der Waals surface area contributed by atoms with Gasteiger partial charge in [0, 0.05) is 38.7 Å². The summed E-state index contributed by atoms with van der Waals surface area (Å²) in [6.07, 6.45) is 5.83. The fourth-order valence-electron chi connectivity index (χ4n) is 3.37. The summed E-state index contributed by atoms with van der Waals surface area (Å²) in [5, 5.41) is 0. The maximum Gasteiger partial charge on any atom is 0.246 e. The maximum atomic E-state index is 12.4. The highest BCUT2D eigenvalue weighted by atomic mass is 16.2. The molecule has 1 heterocycles. The van der Waals surface area contributed by atoms with Gasteiger partial charge in [-0.15, -0.1) is 0 Å². The van der Waals surface area contributed by atoms with Crippen molar-refractivity contribution in [3.05, 3.63) is 77.4 Å². The molecule has 28 heavy (non-hydrogen) atoms. The van der Waals surface area contributed by atoms with Crippen LogP contribution in [0.4, 0.5) is 0 Å². The molecule has 0 atom stereocenters. The van der Waals surface area contributed by atoms with E-state index in [1.54, 1.807) is 6.08 Å². The highest BCUT2D eigenvalue weighted by Crippen LogP contribution is 2.10. The number of carbonyl (C=O) groups excluding carboxylic acids is 2. The Labute approximate surface area is 167 Å². The Morgan fingerprint density at radius 2 is 1.54 bits per heavy atom. The van der Waals surface area contributed by atoms with E-state index in [2.05, 4.69) is 12.1 Å². The Hall–Kier alpha value is -2.88. The van der Waals surface area contributed by atoms with Crippen LogP contribution < -0.4 is 0 Å². The summed E-state index contributed by atoms with van der Waals surface area (Å²) in [6, 6.07) is 18.3. The number of piperazine rings is 1. The van der Waals surface area contributed by atoms with Crippen LogP contribution in [0.1, 0.15) is 29.5 Å². The zero-order valence-electron chi connectivity index (χ0n) is 16.5. The van der Waals surface area contributed by atoms with Crippen LogP contribution in [-0.4, -0.2) is 47.8 Å². The summed E-state index contributed by atoms with van der Waals surface area (Å²) in [7, 11) is 0. The van der Waals surface area contributed by atoms with Crippen molar-refractivity contribution in [3.63, 3.8) is 0 Å². The molecule has 2 aromatic rings. The van der Waals surface area contributed by atoms with E-state index >= 15 is 0 Å².